The Bertz CT molecular complexity index is 339. The van der Waals surface area contributed by atoms with Gasteiger partial charge in [0.15, 0.2) is 0 Å². The first-order valence-electron chi connectivity index (χ1n) is 5.99. The molecule has 4 nitrogen and oxygen atoms in total. The van der Waals surface area contributed by atoms with Gasteiger partial charge in [-0.3, -0.25) is 0 Å². The van der Waals surface area contributed by atoms with Crippen LogP contribution in [0.2, 0.25) is 0 Å². The molecular formula is C12H19N3O. The molecule has 1 aromatic rings. The van der Waals surface area contributed by atoms with Crippen molar-refractivity contribution in [2.75, 3.05) is 6.61 Å². The molecule has 1 fully saturated rings. The van der Waals surface area contributed by atoms with Crippen LogP contribution in [0.15, 0.2) is 12.4 Å². The summed E-state index contributed by atoms with van der Waals surface area (Å²) >= 11 is 0. The van der Waals surface area contributed by atoms with E-state index in [-0.39, 0.29) is 6.04 Å². The molecule has 4 heteroatoms. The van der Waals surface area contributed by atoms with E-state index in [9.17, 15) is 0 Å². The average molecular weight is 221 g/mol. The molecule has 1 aliphatic rings. The van der Waals surface area contributed by atoms with Gasteiger partial charge in [-0.25, -0.2) is 9.97 Å². The summed E-state index contributed by atoms with van der Waals surface area (Å²) in [5.41, 5.74) is 7.05. The highest BCUT2D eigenvalue weighted by Crippen LogP contribution is 2.32. The predicted octanol–water partition coefficient (Wildman–Crippen LogP) is 1.55. The SMILES string of the molecule is CCCOc1cc(CC(N)C2CC2)ncn1. The largest absolute Gasteiger partial charge is 0.478 e. The number of rotatable bonds is 6. The van der Waals surface area contributed by atoms with Crippen molar-refractivity contribution in [1.29, 1.82) is 0 Å². The number of aromatic nitrogens is 2. The van der Waals surface area contributed by atoms with Crippen molar-refractivity contribution in [3.8, 4) is 5.88 Å². The molecule has 1 aromatic heterocycles. The first kappa shape index (κ1) is 11.3. The van der Waals surface area contributed by atoms with Gasteiger partial charge in [0, 0.05) is 24.2 Å². The third-order valence-electron chi connectivity index (χ3n) is 2.83. The molecular weight excluding hydrogens is 202 g/mol. The summed E-state index contributed by atoms with van der Waals surface area (Å²) in [6.07, 6.45) is 5.91. The smallest absolute Gasteiger partial charge is 0.216 e. The van der Waals surface area contributed by atoms with E-state index in [4.69, 9.17) is 10.5 Å². The second kappa shape index (κ2) is 5.25. The molecule has 0 bridgehead atoms. The van der Waals surface area contributed by atoms with Crippen LogP contribution in [0, 0.1) is 5.92 Å². The van der Waals surface area contributed by atoms with Crippen LogP contribution in [-0.4, -0.2) is 22.6 Å². The van der Waals surface area contributed by atoms with Crippen LogP contribution >= 0.6 is 0 Å². The summed E-state index contributed by atoms with van der Waals surface area (Å²) in [5.74, 6) is 1.37. The van der Waals surface area contributed by atoms with E-state index in [0.717, 1.165) is 18.5 Å². The number of nitrogens with zero attached hydrogens (tertiary/aromatic N) is 2. The maximum absolute atomic E-state index is 6.06. The van der Waals surface area contributed by atoms with Gasteiger partial charge in [0.25, 0.3) is 0 Å². The Morgan fingerprint density at radius 3 is 3.00 bits per heavy atom. The van der Waals surface area contributed by atoms with Crippen molar-refractivity contribution in [1.82, 2.24) is 9.97 Å². The Kier molecular flexibility index (Phi) is 3.72. The lowest BCUT2D eigenvalue weighted by Gasteiger charge is -2.10. The lowest BCUT2D eigenvalue weighted by Crippen LogP contribution is -2.25. The van der Waals surface area contributed by atoms with Crippen molar-refractivity contribution in [2.45, 2.75) is 38.6 Å². The third kappa shape index (κ3) is 3.17. The Balaban J connectivity index is 1.92. The van der Waals surface area contributed by atoms with Gasteiger partial charge in [0.2, 0.25) is 5.88 Å². The van der Waals surface area contributed by atoms with Crippen LogP contribution in [0.3, 0.4) is 0 Å². The average Bonchev–Trinajstić information content (AvgIpc) is 3.10. The van der Waals surface area contributed by atoms with E-state index in [1.54, 1.807) is 6.33 Å². The molecule has 0 aliphatic heterocycles. The van der Waals surface area contributed by atoms with E-state index < -0.39 is 0 Å². The van der Waals surface area contributed by atoms with Gasteiger partial charge < -0.3 is 10.5 Å². The van der Waals surface area contributed by atoms with Crippen molar-refractivity contribution in [3.63, 3.8) is 0 Å². The maximum atomic E-state index is 6.06. The van der Waals surface area contributed by atoms with Crippen molar-refractivity contribution in [2.24, 2.45) is 11.7 Å². The fraction of sp³-hybridized carbons (Fsp3) is 0.667. The van der Waals surface area contributed by atoms with Gasteiger partial charge in [-0.1, -0.05) is 6.92 Å². The van der Waals surface area contributed by atoms with Gasteiger partial charge in [-0.15, -0.1) is 0 Å². The molecule has 0 saturated heterocycles. The van der Waals surface area contributed by atoms with Crippen LogP contribution in [0.1, 0.15) is 31.9 Å². The normalized spacial score (nSPS) is 17.1. The molecule has 0 aromatic carbocycles. The van der Waals surface area contributed by atoms with Gasteiger partial charge >= 0.3 is 0 Å². The molecule has 88 valence electrons. The summed E-state index contributed by atoms with van der Waals surface area (Å²) in [7, 11) is 0. The summed E-state index contributed by atoms with van der Waals surface area (Å²) in [6, 6.07) is 2.15. The molecule has 1 aliphatic carbocycles. The lowest BCUT2D eigenvalue weighted by molar-refractivity contribution is 0.304. The van der Waals surface area contributed by atoms with E-state index in [0.29, 0.717) is 18.4 Å². The molecule has 0 spiro atoms. The first-order chi connectivity index (χ1) is 7.79. The molecule has 16 heavy (non-hydrogen) atoms. The minimum atomic E-state index is 0.244. The highest BCUT2D eigenvalue weighted by molar-refractivity contribution is 5.15. The zero-order valence-electron chi connectivity index (χ0n) is 9.72. The van der Waals surface area contributed by atoms with Crippen LogP contribution in [0.25, 0.3) is 0 Å². The van der Waals surface area contributed by atoms with Crippen molar-refractivity contribution < 1.29 is 4.74 Å². The highest BCUT2D eigenvalue weighted by atomic mass is 16.5. The van der Waals surface area contributed by atoms with E-state index >= 15 is 0 Å². The quantitative estimate of drug-likeness (QED) is 0.791. The third-order valence-corrected chi connectivity index (χ3v) is 2.83. The van der Waals surface area contributed by atoms with Crippen LogP contribution < -0.4 is 10.5 Å². The summed E-state index contributed by atoms with van der Waals surface area (Å²) in [5, 5.41) is 0. The van der Waals surface area contributed by atoms with Gasteiger partial charge in [-0.2, -0.15) is 0 Å². The second-order valence-electron chi connectivity index (χ2n) is 4.40. The standard InChI is InChI=1S/C12H19N3O/c1-2-5-16-12-7-10(14-8-15-12)6-11(13)9-3-4-9/h7-9,11H,2-6,13H2,1H3. The fourth-order valence-corrected chi connectivity index (χ4v) is 1.71. The molecule has 2 rings (SSSR count). The molecule has 0 amide bonds. The first-order valence-corrected chi connectivity index (χ1v) is 5.99. The van der Waals surface area contributed by atoms with Gasteiger partial charge in [0.05, 0.1) is 6.61 Å². The number of hydrogen-bond acceptors (Lipinski definition) is 4. The number of nitrogens with two attached hydrogens (primary N) is 1. The van der Waals surface area contributed by atoms with Crippen LogP contribution in [-0.2, 0) is 6.42 Å². The zero-order chi connectivity index (χ0) is 11.4. The summed E-state index contributed by atoms with van der Waals surface area (Å²) in [6.45, 7) is 2.77. The van der Waals surface area contributed by atoms with Crippen molar-refractivity contribution >= 4 is 0 Å². The fourth-order valence-electron chi connectivity index (χ4n) is 1.71. The topological polar surface area (TPSA) is 61.0 Å². The van der Waals surface area contributed by atoms with Gasteiger partial charge in [0.1, 0.15) is 6.33 Å². The Labute approximate surface area is 96.2 Å². The molecule has 1 heterocycles. The zero-order valence-corrected chi connectivity index (χ0v) is 9.72. The molecule has 1 saturated carbocycles. The maximum Gasteiger partial charge on any atom is 0.216 e. The minimum absolute atomic E-state index is 0.244. The van der Waals surface area contributed by atoms with Crippen molar-refractivity contribution in [3.05, 3.63) is 18.1 Å². The number of hydrogen-bond donors (Lipinski definition) is 1. The summed E-state index contributed by atoms with van der Waals surface area (Å²) in [4.78, 5) is 8.30. The Hall–Kier alpha value is -1.16. The molecule has 2 N–H and O–H groups in total. The monoisotopic (exact) mass is 221 g/mol. The minimum Gasteiger partial charge on any atom is -0.478 e. The lowest BCUT2D eigenvalue weighted by atomic mass is 10.1. The van der Waals surface area contributed by atoms with E-state index in [1.807, 2.05) is 6.07 Å². The Morgan fingerprint density at radius 1 is 1.50 bits per heavy atom. The molecule has 0 radical (unpaired) electrons. The van der Waals surface area contributed by atoms with Crippen LogP contribution in [0.5, 0.6) is 5.88 Å². The number of ether oxygens (including phenoxy) is 1. The second-order valence-corrected chi connectivity index (χ2v) is 4.40. The van der Waals surface area contributed by atoms with Crippen LogP contribution in [0.4, 0.5) is 0 Å². The van der Waals surface area contributed by atoms with E-state index in [2.05, 4.69) is 16.9 Å². The Morgan fingerprint density at radius 2 is 2.31 bits per heavy atom. The molecule has 1 unspecified atom stereocenters. The van der Waals surface area contributed by atoms with E-state index in [1.165, 1.54) is 12.8 Å². The van der Waals surface area contributed by atoms with Gasteiger partial charge in [-0.05, 0) is 25.2 Å². The predicted molar refractivity (Wildman–Crippen MR) is 62.2 cm³/mol. The molecule has 1 atom stereocenters. The summed E-state index contributed by atoms with van der Waals surface area (Å²) < 4.78 is 5.46. The highest BCUT2D eigenvalue weighted by Gasteiger charge is 2.28.